The number of alkyl halides is 1. The fraction of sp³-hybridized carbons (Fsp3) is 0.538. The first-order valence-electron chi connectivity index (χ1n) is 5.47. The van der Waals surface area contributed by atoms with Gasteiger partial charge in [-0.05, 0) is 24.9 Å². The van der Waals surface area contributed by atoms with Gasteiger partial charge in [0.1, 0.15) is 6.17 Å². The molecule has 0 spiro atoms. The first kappa shape index (κ1) is 12.2. The first-order chi connectivity index (χ1) is 7.06. The molecule has 2 atom stereocenters. The van der Waals surface area contributed by atoms with Crippen molar-refractivity contribution in [2.45, 2.75) is 26.9 Å². The predicted molar refractivity (Wildman–Crippen MR) is 62.4 cm³/mol. The van der Waals surface area contributed by atoms with Crippen LogP contribution in [0.1, 0.15) is 31.1 Å². The molecule has 1 aromatic rings. The summed E-state index contributed by atoms with van der Waals surface area (Å²) in [7, 11) is 0. The summed E-state index contributed by atoms with van der Waals surface area (Å²) in [6.45, 7) is 6.40. The highest BCUT2D eigenvalue weighted by Crippen LogP contribution is 2.31. The van der Waals surface area contributed by atoms with E-state index in [1.807, 2.05) is 45.0 Å². The van der Waals surface area contributed by atoms with Crippen LogP contribution < -0.4 is 5.73 Å². The van der Waals surface area contributed by atoms with Crippen molar-refractivity contribution in [2.24, 2.45) is 17.6 Å². The van der Waals surface area contributed by atoms with Crippen molar-refractivity contribution in [3.8, 4) is 0 Å². The van der Waals surface area contributed by atoms with Crippen molar-refractivity contribution in [1.82, 2.24) is 0 Å². The maximum Gasteiger partial charge on any atom is 0.129 e. The molecule has 0 saturated heterocycles. The third-order valence-electron chi connectivity index (χ3n) is 2.86. The fourth-order valence-corrected chi connectivity index (χ4v) is 1.82. The van der Waals surface area contributed by atoms with Crippen molar-refractivity contribution < 1.29 is 4.39 Å². The lowest BCUT2D eigenvalue weighted by atomic mass is 9.87. The van der Waals surface area contributed by atoms with Crippen molar-refractivity contribution in [3.63, 3.8) is 0 Å². The highest BCUT2D eigenvalue weighted by Gasteiger charge is 2.24. The minimum Gasteiger partial charge on any atom is -0.330 e. The Labute approximate surface area is 91.5 Å². The molecule has 0 aliphatic rings. The molecular weight excluding hydrogens is 189 g/mol. The Balaban J connectivity index is 2.87. The Morgan fingerprint density at radius 2 is 2.00 bits per heavy atom. The molecule has 2 unspecified atom stereocenters. The number of hydrogen-bond acceptors (Lipinski definition) is 1. The van der Waals surface area contributed by atoms with E-state index >= 15 is 0 Å². The van der Waals surface area contributed by atoms with Crippen LogP contribution in [-0.4, -0.2) is 6.54 Å². The van der Waals surface area contributed by atoms with E-state index in [4.69, 9.17) is 5.73 Å². The number of halogens is 1. The van der Waals surface area contributed by atoms with Gasteiger partial charge in [0.05, 0.1) is 0 Å². The van der Waals surface area contributed by atoms with Gasteiger partial charge in [-0.3, -0.25) is 0 Å². The zero-order valence-electron chi connectivity index (χ0n) is 9.70. The first-order valence-corrected chi connectivity index (χ1v) is 5.47. The van der Waals surface area contributed by atoms with Crippen molar-refractivity contribution in [3.05, 3.63) is 35.4 Å². The van der Waals surface area contributed by atoms with E-state index < -0.39 is 6.17 Å². The fourth-order valence-electron chi connectivity index (χ4n) is 1.82. The minimum atomic E-state index is -0.949. The van der Waals surface area contributed by atoms with Crippen LogP contribution >= 0.6 is 0 Å². The zero-order chi connectivity index (χ0) is 11.4. The number of aryl methyl sites for hydroxylation is 1. The van der Waals surface area contributed by atoms with Crippen LogP contribution in [0.3, 0.4) is 0 Å². The molecule has 0 radical (unpaired) electrons. The highest BCUT2D eigenvalue weighted by molar-refractivity contribution is 5.24. The lowest BCUT2D eigenvalue weighted by molar-refractivity contribution is 0.188. The van der Waals surface area contributed by atoms with Crippen molar-refractivity contribution in [1.29, 1.82) is 0 Å². The average molecular weight is 209 g/mol. The Morgan fingerprint density at radius 1 is 1.33 bits per heavy atom. The van der Waals surface area contributed by atoms with Crippen molar-refractivity contribution >= 4 is 0 Å². The van der Waals surface area contributed by atoms with Gasteiger partial charge in [0.15, 0.2) is 0 Å². The van der Waals surface area contributed by atoms with E-state index in [0.29, 0.717) is 6.54 Å². The summed E-state index contributed by atoms with van der Waals surface area (Å²) in [4.78, 5) is 0. The molecule has 1 rings (SSSR count). The van der Waals surface area contributed by atoms with E-state index in [1.165, 1.54) is 0 Å². The van der Waals surface area contributed by atoms with Gasteiger partial charge in [-0.2, -0.15) is 0 Å². The highest BCUT2D eigenvalue weighted by atomic mass is 19.1. The van der Waals surface area contributed by atoms with Gasteiger partial charge in [0.2, 0.25) is 0 Å². The quantitative estimate of drug-likeness (QED) is 0.809. The molecule has 0 heterocycles. The molecule has 0 aliphatic carbocycles. The van der Waals surface area contributed by atoms with Crippen LogP contribution in [0.2, 0.25) is 0 Å². The third kappa shape index (κ3) is 3.03. The maximum absolute atomic E-state index is 14.2. The van der Waals surface area contributed by atoms with Gasteiger partial charge in [0, 0.05) is 5.92 Å². The lowest BCUT2D eigenvalue weighted by Crippen LogP contribution is -2.24. The van der Waals surface area contributed by atoms with Crippen LogP contribution in [0.4, 0.5) is 4.39 Å². The van der Waals surface area contributed by atoms with Crippen LogP contribution in [0.5, 0.6) is 0 Å². The van der Waals surface area contributed by atoms with E-state index in [1.54, 1.807) is 0 Å². The number of rotatable bonds is 4. The summed E-state index contributed by atoms with van der Waals surface area (Å²) >= 11 is 0. The molecule has 0 bridgehead atoms. The van der Waals surface area contributed by atoms with Gasteiger partial charge in [-0.1, -0.05) is 43.7 Å². The smallest absolute Gasteiger partial charge is 0.129 e. The Hall–Kier alpha value is -0.890. The lowest BCUT2D eigenvalue weighted by Gasteiger charge is -2.23. The Morgan fingerprint density at radius 3 is 2.47 bits per heavy atom. The summed E-state index contributed by atoms with van der Waals surface area (Å²) in [5.41, 5.74) is 7.45. The Kier molecular flexibility index (Phi) is 4.28. The molecular formula is C13H20FN. The van der Waals surface area contributed by atoms with Crippen LogP contribution in [0.25, 0.3) is 0 Å². The minimum absolute atomic E-state index is 0.0909. The molecule has 0 aromatic heterocycles. The molecule has 84 valence electrons. The Bertz CT molecular complexity index is 309. The van der Waals surface area contributed by atoms with Gasteiger partial charge in [0.25, 0.3) is 0 Å². The second kappa shape index (κ2) is 5.26. The molecule has 0 amide bonds. The normalized spacial score (nSPS) is 15.3. The molecule has 2 heteroatoms. The third-order valence-corrected chi connectivity index (χ3v) is 2.86. The predicted octanol–water partition coefficient (Wildman–Crippen LogP) is 3.24. The van der Waals surface area contributed by atoms with Gasteiger partial charge < -0.3 is 5.73 Å². The number of hydrogen-bond donors (Lipinski definition) is 1. The summed E-state index contributed by atoms with van der Waals surface area (Å²) in [6.07, 6.45) is -0.949. The molecule has 15 heavy (non-hydrogen) atoms. The van der Waals surface area contributed by atoms with E-state index in [9.17, 15) is 4.39 Å². The summed E-state index contributed by atoms with van der Waals surface area (Å²) in [6, 6.07) is 7.60. The van der Waals surface area contributed by atoms with E-state index in [0.717, 1.165) is 11.1 Å². The summed E-state index contributed by atoms with van der Waals surface area (Å²) < 4.78 is 14.2. The van der Waals surface area contributed by atoms with Gasteiger partial charge in [-0.15, -0.1) is 0 Å². The molecule has 0 aliphatic heterocycles. The standard InChI is InChI=1S/C13H20FN/c1-9(2)12(8-15)13(14)11-6-4-5-10(3)7-11/h4-7,9,12-13H,8,15H2,1-3H3. The molecule has 2 N–H and O–H groups in total. The second-order valence-corrected chi connectivity index (χ2v) is 4.46. The number of nitrogens with two attached hydrogens (primary N) is 1. The maximum atomic E-state index is 14.2. The molecule has 0 saturated carbocycles. The van der Waals surface area contributed by atoms with Crippen LogP contribution in [0, 0.1) is 18.8 Å². The zero-order valence-corrected chi connectivity index (χ0v) is 9.70. The van der Waals surface area contributed by atoms with Crippen LogP contribution in [-0.2, 0) is 0 Å². The SMILES string of the molecule is Cc1cccc(C(F)C(CN)C(C)C)c1. The largest absolute Gasteiger partial charge is 0.330 e. The van der Waals surface area contributed by atoms with E-state index in [2.05, 4.69) is 0 Å². The monoisotopic (exact) mass is 209 g/mol. The molecule has 1 nitrogen and oxygen atoms in total. The van der Waals surface area contributed by atoms with E-state index in [-0.39, 0.29) is 11.8 Å². The topological polar surface area (TPSA) is 26.0 Å². The van der Waals surface area contributed by atoms with Gasteiger partial charge in [-0.25, -0.2) is 4.39 Å². The molecule has 0 fully saturated rings. The average Bonchev–Trinajstić information content (AvgIpc) is 2.18. The van der Waals surface area contributed by atoms with Crippen molar-refractivity contribution in [2.75, 3.05) is 6.54 Å². The summed E-state index contributed by atoms with van der Waals surface area (Å²) in [5.74, 6) is 0.178. The van der Waals surface area contributed by atoms with Crippen LogP contribution in [0.15, 0.2) is 24.3 Å². The second-order valence-electron chi connectivity index (χ2n) is 4.46. The molecule has 1 aromatic carbocycles. The van der Waals surface area contributed by atoms with Gasteiger partial charge >= 0.3 is 0 Å². The number of benzene rings is 1. The summed E-state index contributed by atoms with van der Waals surface area (Å²) in [5, 5.41) is 0.